The quantitative estimate of drug-likeness (QED) is 0.381. The van der Waals surface area contributed by atoms with Crippen LogP contribution in [0.4, 0.5) is 17.2 Å². The predicted molar refractivity (Wildman–Crippen MR) is 149 cm³/mol. The number of ether oxygens (including phenoxy) is 1. The molecule has 1 aliphatic heterocycles. The zero-order valence-electron chi connectivity index (χ0n) is 25.5. The Morgan fingerprint density at radius 2 is 1.82 bits per heavy atom. The van der Waals surface area contributed by atoms with Crippen molar-refractivity contribution in [3.05, 3.63) is 41.7 Å². The molecule has 1 saturated heterocycles. The minimum absolute atomic E-state index is 0.0882. The largest absolute Gasteiger partial charge is 0.494 e. The summed E-state index contributed by atoms with van der Waals surface area (Å²) in [6, 6.07) is 8.32. The Bertz CT molecular complexity index is 1550. The van der Waals surface area contributed by atoms with Crippen molar-refractivity contribution in [2.75, 3.05) is 57.9 Å². The highest BCUT2D eigenvalue weighted by atomic mass is 16.5. The van der Waals surface area contributed by atoms with Crippen LogP contribution in [0.25, 0.3) is 11.3 Å². The fourth-order valence-electron chi connectivity index (χ4n) is 4.52. The van der Waals surface area contributed by atoms with Gasteiger partial charge in [0.2, 0.25) is 5.91 Å². The van der Waals surface area contributed by atoms with E-state index < -0.39 is 12.9 Å². The number of likely N-dealkylation sites (N-methyl/N-ethyl adjacent to an activating group) is 1. The summed E-state index contributed by atoms with van der Waals surface area (Å²) < 4.78 is 29.5. The average molecular weight is 551 g/mol. The summed E-state index contributed by atoms with van der Waals surface area (Å²) >= 11 is 0. The van der Waals surface area contributed by atoms with E-state index in [0.717, 1.165) is 25.9 Å². The zero-order chi connectivity index (χ0) is 30.9. The number of nitrogens with zero attached hydrogens (tertiary/aromatic N) is 6. The number of carbonyl (C=O) groups excluding carboxylic acids is 3. The fraction of sp³-hybridized carbons (Fsp3) is 0.407. The molecule has 1 saturated carbocycles. The molecule has 3 aromatic rings. The summed E-state index contributed by atoms with van der Waals surface area (Å²) in [5.74, 6) is -0.965. The number of hydrogen-bond donors (Lipinski definition) is 3. The molecule has 2 fully saturated rings. The molecule has 3 amide bonds. The van der Waals surface area contributed by atoms with Crippen LogP contribution in [0.1, 0.15) is 37.9 Å². The Hall–Kier alpha value is -4.52. The molecule has 0 radical (unpaired) electrons. The molecule has 2 aliphatic rings. The Labute approximate surface area is 236 Å². The number of hydrogen-bond acceptors (Lipinski definition) is 9. The third kappa shape index (κ3) is 5.59. The second kappa shape index (κ2) is 11.3. The van der Waals surface area contributed by atoms with Gasteiger partial charge in [0.1, 0.15) is 5.69 Å². The van der Waals surface area contributed by atoms with E-state index >= 15 is 0 Å². The Kier molecular flexibility index (Phi) is 6.60. The maximum atomic E-state index is 13.3. The first-order valence-electron chi connectivity index (χ1n) is 14.4. The van der Waals surface area contributed by atoms with E-state index in [0.29, 0.717) is 41.5 Å². The summed E-state index contributed by atoms with van der Waals surface area (Å²) in [6.45, 7) is 0.0732. The molecule has 1 aromatic carbocycles. The molecule has 0 bridgehead atoms. The Balaban J connectivity index is 1.47. The molecule has 0 spiro atoms. The van der Waals surface area contributed by atoms with Crippen molar-refractivity contribution in [3.63, 3.8) is 0 Å². The van der Waals surface area contributed by atoms with Gasteiger partial charge in [-0.2, -0.15) is 5.10 Å². The van der Waals surface area contributed by atoms with Gasteiger partial charge in [-0.25, -0.2) is 0 Å². The number of nitrogens with one attached hydrogen (secondary N) is 3. The standard InChI is InChI=1S/C27H33N9O4/c1-28-26(38)23-20(15-22(31-32-23)30-25(37)16-8-9-16)29-18-7-5-6-17(24(18)40-4)19-14-21(35(3)33-19)27(39)36-12-10-34(2)11-13-36/h5-7,14-16H,8-13H2,1-4H3,(H,28,38)(H2,29,30,31,37)/i1D3. The highest BCUT2D eigenvalue weighted by Gasteiger charge is 2.30. The molecule has 3 heterocycles. The third-order valence-electron chi connectivity index (χ3n) is 6.98. The van der Waals surface area contributed by atoms with E-state index in [1.54, 1.807) is 36.2 Å². The molecule has 0 unspecified atom stereocenters. The monoisotopic (exact) mass is 550 g/mol. The minimum atomic E-state index is -2.76. The molecule has 210 valence electrons. The lowest BCUT2D eigenvalue weighted by molar-refractivity contribution is -0.117. The normalized spacial score (nSPS) is 16.9. The van der Waals surface area contributed by atoms with Gasteiger partial charge in [0, 0.05) is 61.9 Å². The van der Waals surface area contributed by atoms with Gasteiger partial charge >= 0.3 is 0 Å². The summed E-state index contributed by atoms with van der Waals surface area (Å²) in [5.41, 5.74) is 1.67. The molecule has 1 aliphatic carbocycles. The van der Waals surface area contributed by atoms with Crippen molar-refractivity contribution in [2.24, 2.45) is 13.0 Å². The number of aryl methyl sites for hydroxylation is 1. The highest BCUT2D eigenvalue weighted by Crippen LogP contribution is 2.38. The van der Waals surface area contributed by atoms with Crippen molar-refractivity contribution in [1.29, 1.82) is 0 Å². The SMILES string of the molecule is [2H]C([2H])([2H])NC(=O)c1nnc(NC(=O)C2CC2)cc1Nc1cccc(-c2cc(C(=O)N3CCN(C)CC3)n(C)n2)c1OC. The first-order chi connectivity index (χ1) is 20.4. The van der Waals surface area contributed by atoms with Crippen molar-refractivity contribution in [2.45, 2.75) is 12.8 Å². The zero-order valence-corrected chi connectivity index (χ0v) is 22.5. The number of aromatic nitrogens is 4. The van der Waals surface area contributed by atoms with E-state index in [1.807, 2.05) is 12.4 Å². The number of methoxy groups -OCH3 is 1. The molecule has 5 rings (SSSR count). The molecule has 2 aromatic heterocycles. The maximum Gasteiger partial charge on any atom is 0.273 e. The second-order valence-electron chi connectivity index (χ2n) is 9.85. The van der Waals surface area contributed by atoms with Gasteiger partial charge in [-0.15, -0.1) is 10.2 Å². The van der Waals surface area contributed by atoms with Crippen molar-refractivity contribution >= 4 is 34.9 Å². The van der Waals surface area contributed by atoms with Gasteiger partial charge in [0.25, 0.3) is 11.8 Å². The predicted octanol–water partition coefficient (Wildman–Crippen LogP) is 1.72. The molecule has 40 heavy (non-hydrogen) atoms. The Morgan fingerprint density at radius 1 is 1.05 bits per heavy atom. The van der Waals surface area contributed by atoms with Crippen LogP contribution in [0.3, 0.4) is 0 Å². The lowest BCUT2D eigenvalue weighted by atomic mass is 10.1. The Morgan fingerprint density at radius 3 is 2.52 bits per heavy atom. The number of para-hydroxylation sites is 1. The second-order valence-corrected chi connectivity index (χ2v) is 9.85. The van der Waals surface area contributed by atoms with Crippen LogP contribution in [0.2, 0.25) is 0 Å². The van der Waals surface area contributed by atoms with Crippen LogP contribution < -0.4 is 20.7 Å². The van der Waals surface area contributed by atoms with E-state index in [-0.39, 0.29) is 34.9 Å². The van der Waals surface area contributed by atoms with Gasteiger partial charge in [-0.1, -0.05) is 6.07 Å². The van der Waals surface area contributed by atoms with Gasteiger partial charge in [-0.3, -0.25) is 19.1 Å². The van der Waals surface area contributed by atoms with Gasteiger partial charge in [0.05, 0.1) is 24.2 Å². The number of rotatable bonds is 8. The smallest absolute Gasteiger partial charge is 0.273 e. The minimum Gasteiger partial charge on any atom is -0.494 e. The van der Waals surface area contributed by atoms with Crippen molar-refractivity contribution in [3.8, 4) is 17.0 Å². The van der Waals surface area contributed by atoms with Gasteiger partial charge in [0.15, 0.2) is 17.3 Å². The van der Waals surface area contributed by atoms with Crippen molar-refractivity contribution < 1.29 is 23.2 Å². The lowest BCUT2D eigenvalue weighted by Crippen LogP contribution is -2.47. The molecule has 13 heteroatoms. The van der Waals surface area contributed by atoms with Crippen LogP contribution in [-0.4, -0.2) is 94.8 Å². The lowest BCUT2D eigenvalue weighted by Gasteiger charge is -2.32. The van der Waals surface area contributed by atoms with E-state index in [4.69, 9.17) is 8.85 Å². The summed E-state index contributed by atoms with van der Waals surface area (Å²) in [5, 5.41) is 20.1. The summed E-state index contributed by atoms with van der Waals surface area (Å²) in [6.07, 6.45) is 1.56. The fourth-order valence-corrected chi connectivity index (χ4v) is 4.52. The van der Waals surface area contributed by atoms with Crippen LogP contribution in [-0.2, 0) is 11.8 Å². The third-order valence-corrected chi connectivity index (χ3v) is 6.98. The topological polar surface area (TPSA) is 147 Å². The number of amides is 3. The number of carbonyl (C=O) groups is 3. The maximum absolute atomic E-state index is 13.3. The van der Waals surface area contributed by atoms with Gasteiger partial charge in [-0.05, 0) is 38.1 Å². The molecular formula is C27H33N9O4. The van der Waals surface area contributed by atoms with Gasteiger partial charge < -0.3 is 30.5 Å². The highest BCUT2D eigenvalue weighted by molar-refractivity contribution is 6.00. The molecule has 13 nitrogen and oxygen atoms in total. The van der Waals surface area contributed by atoms with Crippen LogP contribution in [0.5, 0.6) is 5.75 Å². The van der Waals surface area contributed by atoms with Crippen molar-refractivity contribution in [1.82, 2.24) is 35.1 Å². The van der Waals surface area contributed by atoms with E-state index in [9.17, 15) is 14.4 Å². The average Bonchev–Trinajstić information content (AvgIpc) is 3.74. The van der Waals surface area contributed by atoms with Crippen LogP contribution >= 0.6 is 0 Å². The van der Waals surface area contributed by atoms with E-state index in [2.05, 4.69) is 30.8 Å². The summed E-state index contributed by atoms with van der Waals surface area (Å²) in [4.78, 5) is 42.4. The molecule has 3 N–H and O–H groups in total. The number of piperazine rings is 1. The molecule has 0 atom stereocenters. The van der Waals surface area contributed by atoms with Crippen LogP contribution in [0.15, 0.2) is 30.3 Å². The first-order valence-corrected chi connectivity index (χ1v) is 12.9. The number of anilines is 3. The molecular weight excluding hydrogens is 514 g/mol. The van der Waals surface area contributed by atoms with Crippen LogP contribution in [0, 0.1) is 5.92 Å². The van der Waals surface area contributed by atoms with E-state index in [1.165, 1.54) is 17.9 Å². The number of benzene rings is 1. The first kappa shape index (κ1) is 23.4. The summed E-state index contributed by atoms with van der Waals surface area (Å²) in [7, 11) is 5.20.